The topological polar surface area (TPSA) is 115 Å². The third kappa shape index (κ3) is 6.13. The molecule has 1 fully saturated rings. The van der Waals surface area contributed by atoms with E-state index in [1.54, 1.807) is 25.1 Å². The number of thioether (sulfide) groups is 1. The van der Waals surface area contributed by atoms with Crippen LogP contribution in [0.2, 0.25) is 10.0 Å². The standard InChI is InChI=1S/C32H22Cl2F3N3O6S2/c1-2-46-30(44)15-9-11-18(12-10-15)40-27(42)23-22(19-7-4-8-20(33)24(19)34)26-29(47-25(23)28(40)43)39(31(45)48-26)14-21(41)38-17-6-3-5-16(13-17)32(35,36)37/h3-13,22-23,25H,2,14H2,1H3,(H,38,41)/t22-,23?,25?/m1/s1. The summed E-state index contributed by atoms with van der Waals surface area (Å²) < 4.78 is 45.8. The average molecular weight is 737 g/mol. The van der Waals surface area contributed by atoms with Crippen molar-refractivity contribution >= 4 is 81.4 Å². The molecule has 6 rings (SSSR count). The van der Waals surface area contributed by atoms with Gasteiger partial charge in [-0.15, -0.1) is 0 Å². The Hall–Kier alpha value is -4.11. The number of hydrogen-bond donors (Lipinski definition) is 1. The Labute approximate surface area is 288 Å². The van der Waals surface area contributed by atoms with Crippen molar-refractivity contribution in [3.8, 4) is 0 Å². The maximum atomic E-state index is 14.1. The van der Waals surface area contributed by atoms with Gasteiger partial charge in [0, 0.05) is 16.5 Å². The fourth-order valence-electron chi connectivity index (χ4n) is 5.68. The summed E-state index contributed by atoms with van der Waals surface area (Å²) in [6.07, 6.45) is -4.63. The number of amides is 3. The molecule has 0 aliphatic carbocycles. The number of rotatable bonds is 7. The van der Waals surface area contributed by atoms with Crippen LogP contribution < -0.4 is 15.1 Å². The molecule has 0 bridgehead atoms. The number of nitrogens with zero attached hydrogens (tertiary/aromatic N) is 2. The summed E-state index contributed by atoms with van der Waals surface area (Å²) in [6.45, 7) is 1.25. The van der Waals surface area contributed by atoms with Gasteiger partial charge in [0.05, 0.1) is 44.4 Å². The number of alkyl halides is 3. The molecule has 3 amide bonds. The maximum absolute atomic E-state index is 14.1. The van der Waals surface area contributed by atoms with Crippen molar-refractivity contribution in [2.75, 3.05) is 16.8 Å². The Morgan fingerprint density at radius 3 is 2.38 bits per heavy atom. The summed E-state index contributed by atoms with van der Waals surface area (Å²) in [5, 5.41) is 1.88. The first-order valence-electron chi connectivity index (χ1n) is 14.3. The molecule has 0 saturated carbocycles. The lowest BCUT2D eigenvalue weighted by Crippen LogP contribution is -2.33. The normalized spacial score (nSPS) is 18.8. The number of anilines is 2. The van der Waals surface area contributed by atoms with Gasteiger partial charge < -0.3 is 10.1 Å². The molecular formula is C32H22Cl2F3N3O6S2. The Bertz CT molecular complexity index is 2030. The van der Waals surface area contributed by atoms with Gasteiger partial charge in [-0.3, -0.25) is 23.7 Å². The summed E-state index contributed by atoms with van der Waals surface area (Å²) >= 11 is 14.7. The molecular weight excluding hydrogens is 714 g/mol. The molecule has 2 unspecified atom stereocenters. The van der Waals surface area contributed by atoms with Crippen LogP contribution in [-0.4, -0.2) is 40.1 Å². The maximum Gasteiger partial charge on any atom is 0.416 e. The van der Waals surface area contributed by atoms with Gasteiger partial charge in [0.2, 0.25) is 17.7 Å². The van der Waals surface area contributed by atoms with Gasteiger partial charge in [-0.2, -0.15) is 13.2 Å². The van der Waals surface area contributed by atoms with Crippen LogP contribution in [0.5, 0.6) is 0 Å². The second-order valence-corrected chi connectivity index (χ2v) is 13.6. The van der Waals surface area contributed by atoms with Crippen LogP contribution >= 0.6 is 46.3 Å². The van der Waals surface area contributed by atoms with Gasteiger partial charge in [-0.05, 0) is 61.0 Å². The fourth-order valence-corrected chi connectivity index (χ4v) is 8.87. The van der Waals surface area contributed by atoms with E-state index in [2.05, 4.69) is 5.32 Å². The van der Waals surface area contributed by atoms with E-state index >= 15 is 0 Å². The Morgan fingerprint density at radius 2 is 1.69 bits per heavy atom. The number of benzene rings is 3. The number of fused-ring (bicyclic) bond motifs is 2. The lowest BCUT2D eigenvalue weighted by Gasteiger charge is -2.31. The molecule has 248 valence electrons. The number of hydrogen-bond acceptors (Lipinski definition) is 8. The monoisotopic (exact) mass is 735 g/mol. The van der Waals surface area contributed by atoms with Gasteiger partial charge >= 0.3 is 17.0 Å². The quantitative estimate of drug-likeness (QED) is 0.163. The van der Waals surface area contributed by atoms with Crippen LogP contribution in [-0.2, 0) is 31.8 Å². The second kappa shape index (κ2) is 13.1. The van der Waals surface area contributed by atoms with Crippen LogP contribution in [0.15, 0.2) is 76.6 Å². The zero-order valence-electron chi connectivity index (χ0n) is 24.5. The molecule has 1 aromatic heterocycles. The predicted octanol–water partition coefficient (Wildman–Crippen LogP) is 6.85. The van der Waals surface area contributed by atoms with Gasteiger partial charge in [-0.1, -0.05) is 64.5 Å². The number of thiazole rings is 1. The highest BCUT2D eigenvalue weighted by Gasteiger charge is 2.57. The van der Waals surface area contributed by atoms with E-state index < -0.39 is 63.9 Å². The third-order valence-corrected chi connectivity index (χ3v) is 11.2. The van der Waals surface area contributed by atoms with Crippen molar-refractivity contribution in [2.45, 2.75) is 35.8 Å². The number of aromatic nitrogens is 1. The largest absolute Gasteiger partial charge is 0.462 e. The first-order chi connectivity index (χ1) is 22.8. The highest BCUT2D eigenvalue weighted by molar-refractivity contribution is 8.00. The Morgan fingerprint density at radius 1 is 0.979 bits per heavy atom. The number of imide groups is 1. The van der Waals surface area contributed by atoms with Crippen molar-refractivity contribution in [1.82, 2.24) is 4.57 Å². The molecule has 2 aliphatic heterocycles. The summed E-state index contributed by atoms with van der Waals surface area (Å²) in [5.41, 5.74) is -0.250. The van der Waals surface area contributed by atoms with Crippen molar-refractivity contribution in [3.05, 3.63) is 108 Å². The summed E-state index contributed by atoms with van der Waals surface area (Å²) in [4.78, 5) is 67.5. The first kappa shape index (κ1) is 33.8. The number of carbonyl (C=O) groups is 4. The molecule has 0 radical (unpaired) electrons. The van der Waals surface area contributed by atoms with E-state index in [0.717, 1.165) is 50.8 Å². The molecule has 1 saturated heterocycles. The molecule has 1 N–H and O–H groups in total. The zero-order valence-corrected chi connectivity index (χ0v) is 27.7. The smallest absolute Gasteiger partial charge is 0.416 e. The number of esters is 1. The number of ether oxygens (including phenoxy) is 1. The van der Waals surface area contributed by atoms with Crippen molar-refractivity contribution in [2.24, 2.45) is 5.92 Å². The zero-order chi connectivity index (χ0) is 34.5. The van der Waals surface area contributed by atoms with Crippen LogP contribution in [0.1, 0.15) is 39.2 Å². The minimum absolute atomic E-state index is 0.118. The summed E-state index contributed by atoms with van der Waals surface area (Å²) in [6, 6.07) is 14.7. The van der Waals surface area contributed by atoms with E-state index in [1.807, 2.05) is 0 Å². The van der Waals surface area contributed by atoms with Gasteiger partial charge in [-0.25, -0.2) is 9.69 Å². The summed E-state index contributed by atoms with van der Waals surface area (Å²) in [5.74, 6) is -4.45. The SMILES string of the molecule is CCOC(=O)c1ccc(N2C(=O)C3Sc4c(sc(=O)n4CC(=O)Nc4cccc(C(F)(F)F)c4)[C@H](c4cccc(Cl)c4Cl)C3C2=O)cc1. The van der Waals surface area contributed by atoms with E-state index in [0.29, 0.717) is 10.4 Å². The van der Waals surface area contributed by atoms with Crippen molar-refractivity contribution < 1.29 is 37.1 Å². The van der Waals surface area contributed by atoms with Crippen LogP contribution in [0.4, 0.5) is 24.5 Å². The van der Waals surface area contributed by atoms with Crippen LogP contribution in [0.3, 0.4) is 0 Å². The molecule has 4 aromatic rings. The van der Waals surface area contributed by atoms with E-state index in [4.69, 9.17) is 27.9 Å². The molecule has 16 heteroatoms. The highest BCUT2D eigenvalue weighted by atomic mass is 35.5. The van der Waals surface area contributed by atoms with Gasteiger partial charge in [0.1, 0.15) is 11.8 Å². The molecule has 48 heavy (non-hydrogen) atoms. The van der Waals surface area contributed by atoms with Crippen molar-refractivity contribution in [3.63, 3.8) is 0 Å². The van der Waals surface area contributed by atoms with Crippen LogP contribution in [0.25, 0.3) is 0 Å². The molecule has 3 heterocycles. The van der Waals surface area contributed by atoms with Gasteiger partial charge in [0.25, 0.3) is 0 Å². The molecule has 3 aromatic carbocycles. The predicted molar refractivity (Wildman–Crippen MR) is 175 cm³/mol. The lowest BCUT2D eigenvalue weighted by atomic mass is 9.83. The first-order valence-corrected chi connectivity index (χ1v) is 16.7. The van der Waals surface area contributed by atoms with Gasteiger partial charge in [0.15, 0.2) is 0 Å². The third-order valence-electron chi connectivity index (χ3n) is 7.78. The average Bonchev–Trinajstić information content (AvgIpc) is 3.48. The number of carbonyl (C=O) groups excluding carboxylic acids is 4. The number of nitrogens with one attached hydrogen (secondary N) is 1. The molecule has 3 atom stereocenters. The minimum Gasteiger partial charge on any atom is -0.462 e. The minimum atomic E-state index is -4.63. The second-order valence-electron chi connectivity index (χ2n) is 10.7. The van der Waals surface area contributed by atoms with Crippen LogP contribution in [0, 0.1) is 5.92 Å². The summed E-state index contributed by atoms with van der Waals surface area (Å²) in [7, 11) is 0. The number of halogens is 5. The Balaban J connectivity index is 1.38. The lowest BCUT2D eigenvalue weighted by molar-refractivity contribution is -0.137. The highest BCUT2D eigenvalue weighted by Crippen LogP contribution is 2.55. The van der Waals surface area contributed by atoms with Crippen molar-refractivity contribution in [1.29, 1.82) is 0 Å². The molecule has 2 aliphatic rings. The Kier molecular flexibility index (Phi) is 9.20. The van der Waals surface area contributed by atoms with E-state index in [-0.39, 0.29) is 38.6 Å². The molecule has 9 nitrogen and oxygen atoms in total. The fraction of sp³-hybridized carbons (Fsp3) is 0.219. The van der Waals surface area contributed by atoms with E-state index in [9.17, 15) is 37.1 Å². The van der Waals surface area contributed by atoms with E-state index in [1.165, 1.54) is 30.3 Å². The molecule has 0 spiro atoms.